The lowest BCUT2D eigenvalue weighted by Gasteiger charge is -2.38. The molecule has 1 unspecified atom stereocenters. The highest BCUT2D eigenvalue weighted by Gasteiger charge is 2.35. The molecular formula is C22H25N3O3. The summed E-state index contributed by atoms with van der Waals surface area (Å²) in [6.07, 6.45) is 3.92. The smallest absolute Gasteiger partial charge is 0.220 e. The van der Waals surface area contributed by atoms with Gasteiger partial charge in [0, 0.05) is 23.6 Å². The Kier molecular flexibility index (Phi) is 5.13. The summed E-state index contributed by atoms with van der Waals surface area (Å²) in [5.74, 6) is 0.975. The van der Waals surface area contributed by atoms with Crippen molar-refractivity contribution in [3.8, 4) is 0 Å². The summed E-state index contributed by atoms with van der Waals surface area (Å²) in [6, 6.07) is 9.90. The summed E-state index contributed by atoms with van der Waals surface area (Å²) in [7, 11) is 0. The second kappa shape index (κ2) is 7.72. The number of nitrogens with one attached hydrogen (secondary N) is 1. The standard InChI is InChI=1S/C22H25N3O3/c1-13-19(14(2)28-25-13)7-8-21(27)24-22(16-10-18(26)11-16)17-9-15-5-3-4-6-20(15)23-12-17/h3-6,9,12,16,18,22,26H,7-8,10-11H2,1-2H3,(H,24,27). The molecule has 0 bridgehead atoms. The lowest BCUT2D eigenvalue weighted by Crippen LogP contribution is -2.41. The molecule has 1 aromatic carbocycles. The molecule has 1 amide bonds. The summed E-state index contributed by atoms with van der Waals surface area (Å²) in [5.41, 5.74) is 3.76. The zero-order chi connectivity index (χ0) is 19.7. The van der Waals surface area contributed by atoms with Crippen molar-refractivity contribution in [3.05, 3.63) is 59.1 Å². The van der Waals surface area contributed by atoms with E-state index in [1.807, 2.05) is 44.3 Å². The Morgan fingerprint density at radius 2 is 2.11 bits per heavy atom. The van der Waals surface area contributed by atoms with Gasteiger partial charge >= 0.3 is 0 Å². The van der Waals surface area contributed by atoms with Gasteiger partial charge in [0.25, 0.3) is 0 Å². The molecule has 3 aromatic rings. The first-order chi connectivity index (χ1) is 13.5. The average molecular weight is 379 g/mol. The zero-order valence-electron chi connectivity index (χ0n) is 16.2. The molecule has 1 aliphatic rings. The first-order valence-electron chi connectivity index (χ1n) is 9.75. The average Bonchev–Trinajstić information content (AvgIpc) is 2.99. The van der Waals surface area contributed by atoms with E-state index in [-0.39, 0.29) is 24.0 Å². The van der Waals surface area contributed by atoms with Crippen molar-refractivity contribution < 1.29 is 14.4 Å². The van der Waals surface area contributed by atoms with Crippen LogP contribution in [0.1, 0.15) is 47.9 Å². The molecule has 146 valence electrons. The minimum atomic E-state index is -0.278. The molecule has 2 N–H and O–H groups in total. The molecule has 0 aliphatic heterocycles. The highest BCUT2D eigenvalue weighted by molar-refractivity contribution is 5.80. The second-order valence-corrected chi connectivity index (χ2v) is 7.69. The molecule has 28 heavy (non-hydrogen) atoms. The lowest BCUT2D eigenvalue weighted by molar-refractivity contribution is -0.123. The van der Waals surface area contributed by atoms with Crippen molar-refractivity contribution in [1.29, 1.82) is 0 Å². The Balaban J connectivity index is 1.50. The van der Waals surface area contributed by atoms with Crippen molar-refractivity contribution in [2.75, 3.05) is 0 Å². The molecule has 1 fully saturated rings. The van der Waals surface area contributed by atoms with Gasteiger partial charge in [-0.05, 0) is 56.7 Å². The number of carbonyl (C=O) groups excluding carboxylic acids is 1. The van der Waals surface area contributed by atoms with E-state index in [0.717, 1.165) is 33.5 Å². The molecule has 4 rings (SSSR count). The number of aromatic nitrogens is 2. The number of aryl methyl sites for hydroxylation is 2. The summed E-state index contributed by atoms with van der Waals surface area (Å²) < 4.78 is 5.18. The fourth-order valence-electron chi connectivity index (χ4n) is 3.98. The van der Waals surface area contributed by atoms with Crippen molar-refractivity contribution in [2.24, 2.45) is 5.92 Å². The number of para-hydroxylation sites is 1. The molecule has 0 saturated heterocycles. The van der Waals surface area contributed by atoms with Gasteiger partial charge in [0.1, 0.15) is 5.76 Å². The molecule has 1 atom stereocenters. The SMILES string of the molecule is Cc1noc(C)c1CCC(=O)NC(c1cnc2ccccc2c1)C1CC(O)C1. The first kappa shape index (κ1) is 18.6. The molecule has 2 aromatic heterocycles. The summed E-state index contributed by atoms with van der Waals surface area (Å²) in [6.45, 7) is 3.76. The van der Waals surface area contributed by atoms with Crippen molar-refractivity contribution in [2.45, 2.75) is 51.7 Å². The number of hydrogen-bond acceptors (Lipinski definition) is 5. The topological polar surface area (TPSA) is 88.3 Å². The number of carbonyl (C=O) groups is 1. The number of nitrogens with zero attached hydrogens (tertiary/aromatic N) is 2. The van der Waals surface area contributed by atoms with Crippen LogP contribution in [0.5, 0.6) is 0 Å². The minimum Gasteiger partial charge on any atom is -0.393 e. The molecule has 2 heterocycles. The molecule has 6 heteroatoms. The van der Waals surface area contributed by atoms with Crippen LogP contribution < -0.4 is 5.32 Å². The van der Waals surface area contributed by atoms with Crippen LogP contribution in [0.2, 0.25) is 0 Å². The number of rotatable bonds is 6. The monoisotopic (exact) mass is 379 g/mol. The van der Waals surface area contributed by atoms with E-state index in [0.29, 0.717) is 25.7 Å². The normalized spacial score (nSPS) is 20.0. The third-order valence-electron chi connectivity index (χ3n) is 5.69. The maximum atomic E-state index is 12.7. The Morgan fingerprint density at radius 3 is 2.82 bits per heavy atom. The third kappa shape index (κ3) is 3.78. The van der Waals surface area contributed by atoms with E-state index < -0.39 is 0 Å². The third-order valence-corrected chi connectivity index (χ3v) is 5.69. The Morgan fingerprint density at radius 1 is 1.32 bits per heavy atom. The predicted molar refractivity (Wildman–Crippen MR) is 106 cm³/mol. The number of pyridine rings is 1. The van der Waals surface area contributed by atoms with Gasteiger partial charge in [-0.3, -0.25) is 9.78 Å². The van der Waals surface area contributed by atoms with E-state index >= 15 is 0 Å². The van der Waals surface area contributed by atoms with Crippen LogP contribution in [0.4, 0.5) is 0 Å². The largest absolute Gasteiger partial charge is 0.393 e. The summed E-state index contributed by atoms with van der Waals surface area (Å²) >= 11 is 0. The van der Waals surface area contributed by atoms with Crippen LogP contribution in [0.25, 0.3) is 10.9 Å². The van der Waals surface area contributed by atoms with Crippen LogP contribution in [-0.4, -0.2) is 27.3 Å². The first-order valence-corrected chi connectivity index (χ1v) is 9.75. The Bertz CT molecular complexity index is 972. The molecule has 0 radical (unpaired) electrons. The van der Waals surface area contributed by atoms with E-state index in [1.54, 1.807) is 0 Å². The van der Waals surface area contributed by atoms with Crippen LogP contribution in [0.15, 0.2) is 41.1 Å². The van der Waals surface area contributed by atoms with Gasteiger partial charge in [-0.25, -0.2) is 0 Å². The highest BCUT2D eigenvalue weighted by Crippen LogP contribution is 2.38. The maximum Gasteiger partial charge on any atom is 0.220 e. The number of benzene rings is 1. The van der Waals surface area contributed by atoms with Gasteiger partial charge in [-0.1, -0.05) is 23.4 Å². The number of fused-ring (bicyclic) bond motifs is 1. The number of hydrogen-bond donors (Lipinski definition) is 2. The molecule has 0 spiro atoms. The van der Waals surface area contributed by atoms with Gasteiger partial charge < -0.3 is 14.9 Å². The van der Waals surface area contributed by atoms with Gasteiger partial charge in [0.15, 0.2) is 0 Å². The maximum absolute atomic E-state index is 12.7. The molecule has 1 saturated carbocycles. The van der Waals surface area contributed by atoms with Gasteiger partial charge in [0.05, 0.1) is 23.4 Å². The quantitative estimate of drug-likeness (QED) is 0.685. The summed E-state index contributed by atoms with van der Waals surface area (Å²) in [4.78, 5) is 17.2. The van der Waals surface area contributed by atoms with Gasteiger partial charge in [0.2, 0.25) is 5.91 Å². The lowest BCUT2D eigenvalue weighted by atomic mass is 9.75. The minimum absolute atomic E-state index is 0.0143. The van der Waals surface area contributed by atoms with Crippen molar-refractivity contribution in [1.82, 2.24) is 15.5 Å². The van der Waals surface area contributed by atoms with E-state index in [2.05, 4.69) is 21.5 Å². The van der Waals surface area contributed by atoms with Gasteiger partial charge in [-0.15, -0.1) is 0 Å². The predicted octanol–water partition coefficient (Wildman–Crippen LogP) is 3.40. The number of aliphatic hydroxyl groups excluding tert-OH is 1. The van der Waals surface area contributed by atoms with E-state index in [9.17, 15) is 9.90 Å². The Hall–Kier alpha value is -2.73. The fourth-order valence-corrected chi connectivity index (χ4v) is 3.98. The van der Waals surface area contributed by atoms with Crippen LogP contribution >= 0.6 is 0 Å². The Labute approximate surface area is 164 Å². The number of amides is 1. The number of aliphatic hydroxyl groups is 1. The van der Waals surface area contributed by atoms with Crippen LogP contribution in [0.3, 0.4) is 0 Å². The van der Waals surface area contributed by atoms with E-state index in [4.69, 9.17) is 4.52 Å². The van der Waals surface area contributed by atoms with Gasteiger partial charge in [-0.2, -0.15) is 0 Å². The molecular weight excluding hydrogens is 354 g/mol. The zero-order valence-corrected chi connectivity index (χ0v) is 16.2. The highest BCUT2D eigenvalue weighted by atomic mass is 16.5. The van der Waals surface area contributed by atoms with Crippen LogP contribution in [-0.2, 0) is 11.2 Å². The van der Waals surface area contributed by atoms with E-state index in [1.165, 1.54) is 0 Å². The molecule has 6 nitrogen and oxygen atoms in total. The van der Waals surface area contributed by atoms with Crippen molar-refractivity contribution >= 4 is 16.8 Å². The summed E-state index contributed by atoms with van der Waals surface area (Å²) in [5, 5.41) is 17.9. The second-order valence-electron chi connectivity index (χ2n) is 7.69. The molecule has 1 aliphatic carbocycles. The van der Waals surface area contributed by atoms with Crippen molar-refractivity contribution in [3.63, 3.8) is 0 Å². The van der Waals surface area contributed by atoms with Crippen LogP contribution in [0, 0.1) is 19.8 Å². The fraction of sp³-hybridized carbons (Fsp3) is 0.409.